The highest BCUT2D eigenvalue weighted by Crippen LogP contribution is 2.33. The van der Waals surface area contributed by atoms with Gasteiger partial charge in [-0.15, -0.1) is 0 Å². The minimum Gasteiger partial charge on any atom is -0.338 e. The Kier molecular flexibility index (Phi) is 4.41. The SMILES string of the molecule is Cc1cc(Nc2nc(Cl)c(Cl)cc2Cl)c(Cl)cc1F. The lowest BCUT2D eigenvalue weighted by atomic mass is 10.2. The number of aromatic nitrogens is 1. The Morgan fingerprint density at radius 2 is 1.68 bits per heavy atom. The summed E-state index contributed by atoms with van der Waals surface area (Å²) in [5.41, 5.74) is 0.927. The lowest BCUT2D eigenvalue weighted by Gasteiger charge is -2.11. The minimum absolute atomic E-state index is 0.114. The Balaban J connectivity index is 2.42. The molecule has 0 radical (unpaired) electrons. The van der Waals surface area contributed by atoms with Gasteiger partial charge in [0.15, 0.2) is 5.82 Å². The van der Waals surface area contributed by atoms with Crippen LogP contribution in [0.2, 0.25) is 20.2 Å². The number of pyridine rings is 1. The molecule has 1 aromatic heterocycles. The van der Waals surface area contributed by atoms with Gasteiger partial charge < -0.3 is 5.32 Å². The van der Waals surface area contributed by atoms with E-state index in [1.807, 2.05) is 0 Å². The van der Waals surface area contributed by atoms with Gasteiger partial charge in [0.25, 0.3) is 0 Å². The predicted molar refractivity (Wildman–Crippen MR) is 78.7 cm³/mol. The van der Waals surface area contributed by atoms with Crippen LogP contribution >= 0.6 is 46.4 Å². The van der Waals surface area contributed by atoms with Crippen molar-refractivity contribution < 1.29 is 4.39 Å². The first kappa shape index (κ1) is 14.7. The smallest absolute Gasteiger partial charge is 0.151 e. The van der Waals surface area contributed by atoms with Crippen molar-refractivity contribution in [1.82, 2.24) is 4.98 Å². The molecule has 1 aromatic carbocycles. The molecule has 0 saturated heterocycles. The van der Waals surface area contributed by atoms with Crippen LogP contribution in [0.15, 0.2) is 18.2 Å². The Bertz CT molecular complexity index is 591. The van der Waals surface area contributed by atoms with Crippen LogP contribution in [0.3, 0.4) is 0 Å². The van der Waals surface area contributed by atoms with Gasteiger partial charge in [-0.2, -0.15) is 0 Å². The van der Waals surface area contributed by atoms with E-state index in [2.05, 4.69) is 10.3 Å². The van der Waals surface area contributed by atoms with E-state index in [-0.39, 0.29) is 26.0 Å². The summed E-state index contributed by atoms with van der Waals surface area (Å²) >= 11 is 23.5. The fraction of sp³-hybridized carbons (Fsp3) is 0.0833. The summed E-state index contributed by atoms with van der Waals surface area (Å²) < 4.78 is 13.3. The standard InChI is InChI=1S/C12H7Cl4FN2/c1-5-2-10(6(13)4-9(5)17)18-12-8(15)3-7(14)11(16)19-12/h2-4H,1H3,(H,18,19). The van der Waals surface area contributed by atoms with Crippen LogP contribution in [0.25, 0.3) is 0 Å². The van der Waals surface area contributed by atoms with Gasteiger partial charge in [0.2, 0.25) is 0 Å². The highest BCUT2D eigenvalue weighted by molar-refractivity contribution is 6.43. The molecule has 0 bridgehead atoms. The second-order valence-corrected chi connectivity index (χ2v) is 5.38. The van der Waals surface area contributed by atoms with Crippen LogP contribution in [0.1, 0.15) is 5.56 Å². The average Bonchev–Trinajstić information content (AvgIpc) is 2.32. The quantitative estimate of drug-likeness (QED) is 0.690. The van der Waals surface area contributed by atoms with E-state index in [0.29, 0.717) is 17.1 Å². The molecule has 0 aliphatic rings. The third-order valence-corrected chi connectivity index (χ3v) is 3.66. The summed E-state index contributed by atoms with van der Waals surface area (Å²) in [6, 6.07) is 4.23. The molecule has 0 aliphatic heterocycles. The van der Waals surface area contributed by atoms with Crippen LogP contribution in [0.5, 0.6) is 0 Å². The maximum Gasteiger partial charge on any atom is 0.151 e. The normalized spacial score (nSPS) is 10.6. The van der Waals surface area contributed by atoms with Crippen molar-refractivity contribution in [2.75, 3.05) is 5.32 Å². The van der Waals surface area contributed by atoms with E-state index in [9.17, 15) is 4.39 Å². The van der Waals surface area contributed by atoms with Gasteiger partial charge in [-0.1, -0.05) is 46.4 Å². The Morgan fingerprint density at radius 1 is 1.00 bits per heavy atom. The van der Waals surface area contributed by atoms with E-state index in [1.165, 1.54) is 12.1 Å². The maximum absolute atomic E-state index is 13.3. The van der Waals surface area contributed by atoms with Crippen LogP contribution in [-0.2, 0) is 0 Å². The fourth-order valence-electron chi connectivity index (χ4n) is 1.41. The summed E-state index contributed by atoms with van der Waals surface area (Å²) in [6.45, 7) is 1.63. The molecule has 1 heterocycles. The third-order valence-electron chi connectivity index (χ3n) is 2.39. The van der Waals surface area contributed by atoms with Crippen molar-refractivity contribution in [2.45, 2.75) is 6.92 Å². The van der Waals surface area contributed by atoms with Gasteiger partial charge in [-0.25, -0.2) is 9.37 Å². The number of halogens is 5. The third kappa shape index (κ3) is 3.23. The number of nitrogens with one attached hydrogen (secondary N) is 1. The molecule has 2 nitrogen and oxygen atoms in total. The molecule has 0 spiro atoms. The zero-order chi connectivity index (χ0) is 14.2. The Labute approximate surface area is 129 Å². The van der Waals surface area contributed by atoms with Gasteiger partial charge >= 0.3 is 0 Å². The molecule has 19 heavy (non-hydrogen) atoms. The molecular formula is C12H7Cl4FN2. The number of anilines is 2. The second-order valence-electron chi connectivity index (χ2n) is 3.80. The lowest BCUT2D eigenvalue weighted by Crippen LogP contribution is -1.97. The van der Waals surface area contributed by atoms with Crippen LogP contribution in [0, 0.1) is 12.7 Å². The summed E-state index contributed by atoms with van der Waals surface area (Å²) in [7, 11) is 0. The van der Waals surface area contributed by atoms with Crippen molar-refractivity contribution in [3.63, 3.8) is 0 Å². The highest BCUT2D eigenvalue weighted by atomic mass is 35.5. The molecule has 100 valence electrons. The number of aryl methyl sites for hydroxylation is 1. The van der Waals surface area contributed by atoms with Crippen molar-refractivity contribution in [1.29, 1.82) is 0 Å². The van der Waals surface area contributed by atoms with E-state index >= 15 is 0 Å². The molecule has 0 unspecified atom stereocenters. The zero-order valence-electron chi connectivity index (χ0n) is 9.57. The Morgan fingerprint density at radius 3 is 2.37 bits per heavy atom. The zero-order valence-corrected chi connectivity index (χ0v) is 12.6. The molecular weight excluding hydrogens is 333 g/mol. The molecule has 0 saturated carbocycles. The summed E-state index contributed by atoms with van der Waals surface area (Å²) in [5.74, 6) is -0.0901. The Hall–Kier alpha value is -0.740. The number of nitrogens with zero attached hydrogens (tertiary/aromatic N) is 1. The summed E-state index contributed by atoms with van der Waals surface area (Å²) in [5, 5.41) is 3.75. The van der Waals surface area contributed by atoms with Gasteiger partial charge in [0.1, 0.15) is 11.0 Å². The highest BCUT2D eigenvalue weighted by Gasteiger charge is 2.11. The van der Waals surface area contributed by atoms with Crippen LogP contribution < -0.4 is 5.32 Å². The number of benzene rings is 1. The largest absolute Gasteiger partial charge is 0.338 e. The summed E-state index contributed by atoms with van der Waals surface area (Å²) in [6.07, 6.45) is 0. The van der Waals surface area contributed by atoms with Crippen LogP contribution in [-0.4, -0.2) is 4.98 Å². The van der Waals surface area contributed by atoms with E-state index in [4.69, 9.17) is 46.4 Å². The maximum atomic E-state index is 13.3. The first-order chi connectivity index (χ1) is 8.88. The molecule has 0 fully saturated rings. The van der Waals surface area contributed by atoms with E-state index in [0.717, 1.165) is 0 Å². The van der Waals surface area contributed by atoms with Crippen LogP contribution in [0.4, 0.5) is 15.9 Å². The van der Waals surface area contributed by atoms with E-state index in [1.54, 1.807) is 13.0 Å². The first-order valence-corrected chi connectivity index (χ1v) is 6.64. The number of hydrogen-bond acceptors (Lipinski definition) is 2. The fourth-order valence-corrected chi connectivity index (χ4v) is 2.15. The monoisotopic (exact) mass is 338 g/mol. The molecule has 2 aromatic rings. The van der Waals surface area contributed by atoms with Gasteiger partial charge in [-0.05, 0) is 30.7 Å². The van der Waals surface area contributed by atoms with Crippen molar-refractivity contribution >= 4 is 57.9 Å². The molecule has 1 N–H and O–H groups in total. The first-order valence-electron chi connectivity index (χ1n) is 5.12. The van der Waals surface area contributed by atoms with Gasteiger partial charge in [-0.3, -0.25) is 0 Å². The second kappa shape index (κ2) is 5.71. The topological polar surface area (TPSA) is 24.9 Å². The van der Waals surface area contributed by atoms with Gasteiger partial charge in [0, 0.05) is 0 Å². The molecule has 0 aliphatic carbocycles. The summed E-state index contributed by atoms with van der Waals surface area (Å²) in [4.78, 5) is 4.00. The predicted octanol–water partition coefficient (Wildman–Crippen LogP) is 5.89. The lowest BCUT2D eigenvalue weighted by molar-refractivity contribution is 0.619. The van der Waals surface area contributed by atoms with Crippen molar-refractivity contribution in [3.05, 3.63) is 49.8 Å². The number of hydrogen-bond donors (Lipinski definition) is 1. The number of rotatable bonds is 2. The minimum atomic E-state index is -0.385. The van der Waals surface area contributed by atoms with Crippen molar-refractivity contribution in [2.24, 2.45) is 0 Å². The molecule has 2 rings (SSSR count). The molecule has 0 amide bonds. The van der Waals surface area contributed by atoms with Gasteiger partial charge in [0.05, 0.1) is 20.8 Å². The molecule has 7 heteroatoms. The average molecular weight is 340 g/mol. The van der Waals surface area contributed by atoms with E-state index < -0.39 is 0 Å². The molecule has 0 atom stereocenters. The van der Waals surface area contributed by atoms with Crippen molar-refractivity contribution in [3.8, 4) is 0 Å².